The number of hydrogen-bond acceptors (Lipinski definition) is 7. The van der Waals surface area contributed by atoms with Gasteiger partial charge in [0.2, 0.25) is 5.91 Å². The SMILES string of the molecule is CN[C@@H](C)c1nc(-c2ccc(C(=O)NC(C(=O)N3C[C@H](F)[C@H]4OCC(=O)[C@H]43)C(C)C)cc2)c(C)s1. The maximum absolute atomic E-state index is 14.4. The van der Waals surface area contributed by atoms with Crippen molar-refractivity contribution in [1.82, 2.24) is 20.5 Å². The molecule has 2 aliphatic heterocycles. The predicted molar refractivity (Wildman–Crippen MR) is 131 cm³/mol. The lowest BCUT2D eigenvalue weighted by Crippen LogP contribution is -2.54. The summed E-state index contributed by atoms with van der Waals surface area (Å²) < 4.78 is 19.6. The number of likely N-dealkylation sites (tertiary alicyclic amines) is 1. The molecular formula is C25H31FN4O4S. The number of Topliss-reactive ketones (excluding diaryl/α,β-unsaturated/α-hetero) is 1. The van der Waals surface area contributed by atoms with E-state index < -0.39 is 36.2 Å². The van der Waals surface area contributed by atoms with Gasteiger partial charge >= 0.3 is 0 Å². The molecule has 0 aliphatic carbocycles. The molecule has 8 nitrogen and oxygen atoms in total. The van der Waals surface area contributed by atoms with Crippen molar-refractivity contribution in [3.63, 3.8) is 0 Å². The van der Waals surface area contributed by atoms with Crippen molar-refractivity contribution in [3.8, 4) is 11.3 Å². The fraction of sp³-hybridized carbons (Fsp3) is 0.520. The highest BCUT2D eigenvalue weighted by Crippen LogP contribution is 2.32. The highest BCUT2D eigenvalue weighted by molar-refractivity contribution is 7.12. The summed E-state index contributed by atoms with van der Waals surface area (Å²) in [6.45, 7) is 7.26. The Bertz CT molecular complexity index is 1120. The van der Waals surface area contributed by atoms with Gasteiger partial charge < -0.3 is 20.3 Å². The Balaban J connectivity index is 1.48. The van der Waals surface area contributed by atoms with Crippen molar-refractivity contribution in [3.05, 3.63) is 39.7 Å². The summed E-state index contributed by atoms with van der Waals surface area (Å²) in [5.74, 6) is -1.45. The number of ether oxygens (including phenoxy) is 1. The van der Waals surface area contributed by atoms with E-state index in [2.05, 4.69) is 10.6 Å². The number of nitrogens with zero attached hydrogens (tertiary/aromatic N) is 2. The number of nitrogens with one attached hydrogen (secondary N) is 2. The summed E-state index contributed by atoms with van der Waals surface area (Å²) in [4.78, 5) is 45.5. The van der Waals surface area contributed by atoms with Crippen molar-refractivity contribution in [2.24, 2.45) is 5.92 Å². The van der Waals surface area contributed by atoms with Crippen LogP contribution in [0.4, 0.5) is 4.39 Å². The molecule has 1 aromatic heterocycles. The summed E-state index contributed by atoms with van der Waals surface area (Å²) in [5, 5.41) is 6.97. The number of amides is 2. The third-order valence-electron chi connectivity index (χ3n) is 6.66. The second kappa shape index (κ2) is 10.1. The summed E-state index contributed by atoms with van der Waals surface area (Å²) in [6.07, 6.45) is -2.34. The van der Waals surface area contributed by atoms with Crippen LogP contribution in [-0.4, -0.2) is 72.0 Å². The van der Waals surface area contributed by atoms with Crippen LogP contribution in [0.25, 0.3) is 11.3 Å². The van der Waals surface area contributed by atoms with E-state index in [1.807, 2.05) is 33.0 Å². The zero-order valence-corrected chi connectivity index (χ0v) is 21.3. The van der Waals surface area contributed by atoms with E-state index in [0.29, 0.717) is 5.56 Å². The molecule has 0 spiro atoms. The Kier molecular flexibility index (Phi) is 7.35. The van der Waals surface area contributed by atoms with Crippen molar-refractivity contribution in [2.75, 3.05) is 20.2 Å². The van der Waals surface area contributed by atoms with Gasteiger partial charge in [-0.3, -0.25) is 14.4 Å². The number of alkyl halides is 1. The number of ketones is 1. The monoisotopic (exact) mass is 502 g/mol. The van der Waals surface area contributed by atoms with Crippen molar-refractivity contribution in [1.29, 1.82) is 0 Å². The predicted octanol–water partition coefficient (Wildman–Crippen LogP) is 2.67. The minimum Gasteiger partial charge on any atom is -0.365 e. The van der Waals surface area contributed by atoms with Gasteiger partial charge in [-0.05, 0) is 38.9 Å². The van der Waals surface area contributed by atoms with E-state index >= 15 is 0 Å². The molecule has 5 atom stereocenters. The number of carbonyl (C=O) groups is 3. The Labute approximate surface area is 208 Å². The largest absolute Gasteiger partial charge is 0.365 e. The molecule has 1 aromatic carbocycles. The average Bonchev–Trinajstić information content (AvgIpc) is 3.51. The highest BCUT2D eigenvalue weighted by Gasteiger charge is 2.53. The zero-order chi connectivity index (χ0) is 25.4. The molecule has 2 aromatic rings. The Hall–Kier alpha value is -2.69. The van der Waals surface area contributed by atoms with Gasteiger partial charge in [-0.2, -0.15) is 0 Å². The second-order valence-electron chi connectivity index (χ2n) is 9.43. The number of halogens is 1. The molecule has 2 saturated heterocycles. The molecule has 2 aliphatic rings. The zero-order valence-electron chi connectivity index (χ0n) is 20.5. The molecule has 0 saturated carbocycles. The maximum Gasteiger partial charge on any atom is 0.251 e. The molecule has 3 heterocycles. The van der Waals surface area contributed by atoms with E-state index in [1.165, 1.54) is 4.90 Å². The average molecular weight is 503 g/mol. The van der Waals surface area contributed by atoms with E-state index in [9.17, 15) is 18.8 Å². The van der Waals surface area contributed by atoms with Crippen LogP contribution in [0.3, 0.4) is 0 Å². The highest BCUT2D eigenvalue weighted by atomic mass is 32.1. The summed E-state index contributed by atoms with van der Waals surface area (Å²) >= 11 is 1.63. The van der Waals surface area contributed by atoms with Crippen LogP contribution in [0.1, 0.15) is 47.1 Å². The molecule has 4 rings (SSSR count). The molecule has 0 bridgehead atoms. The third kappa shape index (κ3) is 4.87. The number of thiazole rings is 1. The van der Waals surface area contributed by atoms with Crippen LogP contribution in [0.2, 0.25) is 0 Å². The molecule has 35 heavy (non-hydrogen) atoms. The van der Waals surface area contributed by atoms with Crippen LogP contribution in [0.15, 0.2) is 24.3 Å². The Morgan fingerprint density at radius 2 is 1.91 bits per heavy atom. The number of rotatable bonds is 7. The van der Waals surface area contributed by atoms with Crippen molar-refractivity contribution in [2.45, 2.75) is 58.1 Å². The first-order valence-corrected chi connectivity index (χ1v) is 12.6. The van der Waals surface area contributed by atoms with Crippen LogP contribution in [-0.2, 0) is 14.3 Å². The molecule has 0 radical (unpaired) electrons. The number of benzene rings is 1. The number of aromatic nitrogens is 1. The van der Waals surface area contributed by atoms with Gasteiger partial charge in [0, 0.05) is 16.0 Å². The van der Waals surface area contributed by atoms with Gasteiger partial charge in [0.05, 0.1) is 18.3 Å². The van der Waals surface area contributed by atoms with E-state index in [-0.39, 0.29) is 30.9 Å². The number of carbonyl (C=O) groups excluding carboxylic acids is 3. The lowest BCUT2D eigenvalue weighted by atomic mass is 10.0. The van der Waals surface area contributed by atoms with Gasteiger partial charge in [-0.25, -0.2) is 9.37 Å². The first-order valence-electron chi connectivity index (χ1n) is 11.8. The summed E-state index contributed by atoms with van der Waals surface area (Å²) in [7, 11) is 1.89. The molecule has 2 N–H and O–H groups in total. The minimum absolute atomic E-state index is 0.146. The quantitative estimate of drug-likeness (QED) is 0.604. The molecule has 1 unspecified atom stereocenters. The summed E-state index contributed by atoms with van der Waals surface area (Å²) in [6, 6.07) is 5.40. The maximum atomic E-state index is 14.4. The van der Waals surface area contributed by atoms with Crippen LogP contribution < -0.4 is 10.6 Å². The first kappa shape index (κ1) is 25.4. The van der Waals surface area contributed by atoms with Crippen LogP contribution in [0, 0.1) is 12.8 Å². The van der Waals surface area contributed by atoms with Gasteiger partial charge in [-0.1, -0.05) is 26.0 Å². The van der Waals surface area contributed by atoms with Gasteiger partial charge in [0.25, 0.3) is 5.91 Å². The first-order chi connectivity index (χ1) is 16.6. The molecule has 2 amide bonds. The molecular weight excluding hydrogens is 471 g/mol. The Morgan fingerprint density at radius 1 is 1.23 bits per heavy atom. The third-order valence-corrected chi connectivity index (χ3v) is 7.82. The fourth-order valence-corrected chi connectivity index (χ4v) is 5.52. The fourth-order valence-electron chi connectivity index (χ4n) is 4.51. The summed E-state index contributed by atoms with van der Waals surface area (Å²) in [5.41, 5.74) is 2.17. The Morgan fingerprint density at radius 3 is 2.54 bits per heavy atom. The number of aryl methyl sites for hydroxylation is 1. The van der Waals surface area contributed by atoms with E-state index in [0.717, 1.165) is 21.1 Å². The van der Waals surface area contributed by atoms with E-state index in [4.69, 9.17) is 9.72 Å². The number of hydrogen-bond donors (Lipinski definition) is 2. The van der Waals surface area contributed by atoms with Gasteiger partial charge in [-0.15, -0.1) is 11.3 Å². The van der Waals surface area contributed by atoms with Gasteiger partial charge in [0.15, 0.2) is 5.78 Å². The second-order valence-corrected chi connectivity index (χ2v) is 10.7. The smallest absolute Gasteiger partial charge is 0.251 e. The molecule has 2 fully saturated rings. The van der Waals surface area contributed by atoms with Crippen LogP contribution >= 0.6 is 11.3 Å². The minimum atomic E-state index is -1.42. The van der Waals surface area contributed by atoms with Crippen molar-refractivity contribution >= 4 is 28.9 Å². The lowest BCUT2D eigenvalue weighted by molar-refractivity contribution is -0.139. The normalized spacial score (nSPS) is 23.5. The van der Waals surface area contributed by atoms with Crippen LogP contribution in [0.5, 0.6) is 0 Å². The lowest BCUT2D eigenvalue weighted by Gasteiger charge is -2.29. The van der Waals surface area contributed by atoms with Gasteiger partial charge in [0.1, 0.15) is 36.0 Å². The molecule has 188 valence electrons. The van der Waals surface area contributed by atoms with E-state index in [1.54, 1.807) is 37.3 Å². The standard InChI is InChI=1S/C25H31FN4O4S/c1-12(2)19(25(33)30-10-17(26)22-21(30)18(31)11-34-22)28-23(32)16-8-6-15(7-9-16)20-14(4)35-24(29-20)13(3)27-5/h6-9,12-13,17,19,21-22,27H,10-11H2,1-5H3,(H,28,32)/t13-,17-,19?,21+,22+/m0/s1. The molecule has 10 heteroatoms. The number of fused-ring (bicyclic) bond motifs is 1. The topological polar surface area (TPSA) is 101 Å². The van der Waals surface area contributed by atoms with Crippen molar-refractivity contribution < 1.29 is 23.5 Å².